The second-order valence-electron chi connectivity index (χ2n) is 5.79. The van der Waals surface area contributed by atoms with Crippen LogP contribution in [-0.4, -0.2) is 41.5 Å². The lowest BCUT2D eigenvalue weighted by atomic mass is 10.1. The lowest BCUT2D eigenvalue weighted by Gasteiger charge is -2.39. The summed E-state index contributed by atoms with van der Waals surface area (Å²) in [5.74, 6) is 0.301. The molecule has 1 unspecified atom stereocenters. The van der Waals surface area contributed by atoms with Gasteiger partial charge in [-0.2, -0.15) is 0 Å². The maximum atomic E-state index is 11.8. The molecule has 2 aromatic rings. The number of nitrogen functional groups attached to an aromatic ring is 1. The molecule has 4 rings (SSSR count). The number of aromatic nitrogens is 1. The van der Waals surface area contributed by atoms with Crippen LogP contribution in [0.3, 0.4) is 0 Å². The van der Waals surface area contributed by atoms with Gasteiger partial charge < -0.3 is 15.5 Å². The number of fused-ring (bicyclic) bond motifs is 2. The molecule has 1 atom stereocenters. The number of amides is 1. The molecule has 0 aliphatic carbocycles. The van der Waals surface area contributed by atoms with Crippen LogP contribution in [0.4, 0.5) is 11.4 Å². The van der Waals surface area contributed by atoms with Gasteiger partial charge in [0.25, 0.3) is 0 Å². The van der Waals surface area contributed by atoms with Crippen molar-refractivity contribution in [3.63, 3.8) is 0 Å². The van der Waals surface area contributed by atoms with E-state index in [-0.39, 0.29) is 0 Å². The zero-order valence-corrected chi connectivity index (χ0v) is 11.8. The fraction of sp³-hybridized carbons (Fsp3) is 0.375. The van der Waals surface area contributed by atoms with Crippen molar-refractivity contribution in [2.45, 2.75) is 18.9 Å². The highest BCUT2D eigenvalue weighted by molar-refractivity contribution is 5.97. The second kappa shape index (κ2) is 4.62. The molecule has 21 heavy (non-hydrogen) atoms. The fourth-order valence-corrected chi connectivity index (χ4v) is 3.52. The Kier molecular flexibility index (Phi) is 2.74. The first-order chi connectivity index (χ1) is 10.2. The van der Waals surface area contributed by atoms with Crippen LogP contribution in [0.15, 0.2) is 30.5 Å². The number of rotatable bonds is 1. The summed E-state index contributed by atoms with van der Waals surface area (Å²) in [6, 6.07) is 8.34. The van der Waals surface area contributed by atoms with Gasteiger partial charge in [-0.1, -0.05) is 0 Å². The molecule has 1 aromatic carbocycles. The highest BCUT2D eigenvalue weighted by Gasteiger charge is 2.35. The van der Waals surface area contributed by atoms with E-state index in [1.165, 1.54) is 0 Å². The van der Waals surface area contributed by atoms with Gasteiger partial charge in [0.15, 0.2) is 0 Å². The topological polar surface area (TPSA) is 62.5 Å². The lowest BCUT2D eigenvalue weighted by Crippen LogP contribution is -2.51. The highest BCUT2D eigenvalue weighted by Crippen LogP contribution is 2.33. The minimum absolute atomic E-state index is 0.301. The molecule has 5 heteroatoms. The van der Waals surface area contributed by atoms with Crippen molar-refractivity contribution in [1.82, 2.24) is 9.88 Å². The van der Waals surface area contributed by atoms with Crippen molar-refractivity contribution >= 4 is 28.2 Å². The first-order valence-electron chi connectivity index (χ1n) is 7.41. The van der Waals surface area contributed by atoms with Crippen molar-refractivity contribution in [2.75, 3.05) is 30.3 Å². The molecule has 0 saturated carbocycles. The Morgan fingerprint density at radius 3 is 3.05 bits per heavy atom. The van der Waals surface area contributed by atoms with E-state index in [1.54, 1.807) is 6.20 Å². The molecule has 0 bridgehead atoms. The zero-order valence-electron chi connectivity index (χ0n) is 11.8. The summed E-state index contributed by atoms with van der Waals surface area (Å²) in [5.41, 5.74) is 9.13. The first-order valence-corrected chi connectivity index (χ1v) is 7.41. The average Bonchev–Trinajstić information content (AvgIpc) is 2.89. The molecular weight excluding hydrogens is 264 g/mol. The third-order valence-corrected chi connectivity index (χ3v) is 4.64. The van der Waals surface area contributed by atoms with Crippen molar-refractivity contribution in [2.24, 2.45) is 0 Å². The maximum Gasteiger partial charge on any atom is 0.223 e. The standard InChI is InChI=1S/C16H18N4O/c17-16-12-2-1-7-18-13(12)4-5-14(16)19-8-9-20-11(10-19)3-6-15(20)21/h1-2,4-5,7,11H,3,6,8-10,17H2. The Labute approximate surface area is 123 Å². The van der Waals surface area contributed by atoms with E-state index < -0.39 is 0 Å². The van der Waals surface area contributed by atoms with E-state index in [9.17, 15) is 4.79 Å². The minimum Gasteiger partial charge on any atom is -0.396 e. The Hall–Kier alpha value is -2.30. The summed E-state index contributed by atoms with van der Waals surface area (Å²) in [7, 11) is 0. The van der Waals surface area contributed by atoms with E-state index in [0.717, 1.165) is 48.3 Å². The number of hydrogen-bond donors (Lipinski definition) is 1. The van der Waals surface area contributed by atoms with Crippen LogP contribution in [0.2, 0.25) is 0 Å². The van der Waals surface area contributed by atoms with Gasteiger partial charge in [0, 0.05) is 43.7 Å². The number of nitrogens with zero attached hydrogens (tertiary/aromatic N) is 3. The third kappa shape index (κ3) is 1.92. The normalized spacial score (nSPS) is 21.9. The van der Waals surface area contributed by atoms with Crippen molar-refractivity contribution in [3.8, 4) is 0 Å². The van der Waals surface area contributed by atoms with Crippen LogP contribution >= 0.6 is 0 Å². The van der Waals surface area contributed by atoms with E-state index >= 15 is 0 Å². The molecule has 0 radical (unpaired) electrons. The van der Waals surface area contributed by atoms with E-state index in [4.69, 9.17) is 5.73 Å². The Bertz CT molecular complexity index is 714. The first kappa shape index (κ1) is 12.4. The van der Waals surface area contributed by atoms with Gasteiger partial charge in [0.05, 0.1) is 16.9 Å². The number of anilines is 2. The molecule has 5 nitrogen and oxygen atoms in total. The molecule has 3 heterocycles. The van der Waals surface area contributed by atoms with Crippen LogP contribution in [0.1, 0.15) is 12.8 Å². The molecule has 2 aliphatic rings. The Morgan fingerprint density at radius 2 is 2.14 bits per heavy atom. The molecule has 2 aliphatic heterocycles. The highest BCUT2D eigenvalue weighted by atomic mass is 16.2. The van der Waals surface area contributed by atoms with Gasteiger partial charge in [-0.3, -0.25) is 9.78 Å². The molecule has 1 amide bonds. The Morgan fingerprint density at radius 1 is 1.24 bits per heavy atom. The van der Waals surface area contributed by atoms with Gasteiger partial charge in [-0.05, 0) is 30.7 Å². The number of nitrogens with two attached hydrogens (primary N) is 1. The van der Waals surface area contributed by atoms with Gasteiger partial charge in [-0.15, -0.1) is 0 Å². The third-order valence-electron chi connectivity index (χ3n) is 4.64. The molecule has 2 N–H and O–H groups in total. The van der Waals surface area contributed by atoms with Gasteiger partial charge in [-0.25, -0.2) is 0 Å². The number of carbonyl (C=O) groups is 1. The number of hydrogen-bond acceptors (Lipinski definition) is 4. The average molecular weight is 282 g/mol. The SMILES string of the molecule is Nc1c(N2CCN3C(=O)CCC3C2)ccc2ncccc12. The number of benzene rings is 1. The summed E-state index contributed by atoms with van der Waals surface area (Å²) in [6.07, 6.45) is 3.43. The smallest absolute Gasteiger partial charge is 0.223 e. The lowest BCUT2D eigenvalue weighted by molar-refractivity contribution is -0.129. The van der Waals surface area contributed by atoms with Crippen LogP contribution < -0.4 is 10.6 Å². The summed E-state index contributed by atoms with van der Waals surface area (Å²) >= 11 is 0. The van der Waals surface area contributed by atoms with Crippen LogP contribution in [-0.2, 0) is 4.79 Å². The fourth-order valence-electron chi connectivity index (χ4n) is 3.52. The molecule has 108 valence electrons. The number of piperazine rings is 1. The van der Waals surface area contributed by atoms with E-state index in [2.05, 4.69) is 16.0 Å². The molecule has 2 saturated heterocycles. The second-order valence-corrected chi connectivity index (χ2v) is 5.79. The zero-order chi connectivity index (χ0) is 14.4. The molecule has 0 spiro atoms. The molecule has 1 aromatic heterocycles. The van der Waals surface area contributed by atoms with Crippen LogP contribution in [0.5, 0.6) is 0 Å². The summed E-state index contributed by atoms with van der Waals surface area (Å²) < 4.78 is 0. The van der Waals surface area contributed by atoms with Crippen molar-refractivity contribution in [3.05, 3.63) is 30.5 Å². The van der Waals surface area contributed by atoms with Crippen LogP contribution in [0.25, 0.3) is 10.9 Å². The molecular formula is C16H18N4O. The van der Waals surface area contributed by atoms with Crippen molar-refractivity contribution in [1.29, 1.82) is 0 Å². The van der Waals surface area contributed by atoms with Crippen LogP contribution in [0, 0.1) is 0 Å². The largest absolute Gasteiger partial charge is 0.396 e. The maximum absolute atomic E-state index is 11.8. The van der Waals surface area contributed by atoms with E-state index in [0.29, 0.717) is 18.4 Å². The summed E-state index contributed by atoms with van der Waals surface area (Å²) in [4.78, 5) is 20.4. The van der Waals surface area contributed by atoms with Gasteiger partial charge in [0.2, 0.25) is 5.91 Å². The van der Waals surface area contributed by atoms with E-state index in [1.807, 2.05) is 23.1 Å². The predicted octanol–water partition coefficient (Wildman–Crippen LogP) is 1.63. The van der Waals surface area contributed by atoms with Gasteiger partial charge in [0.1, 0.15) is 0 Å². The number of carbonyl (C=O) groups excluding carboxylic acids is 1. The minimum atomic E-state index is 0.301. The predicted molar refractivity (Wildman–Crippen MR) is 83.1 cm³/mol. The summed E-state index contributed by atoms with van der Waals surface area (Å²) in [5, 5.41) is 1.000. The monoisotopic (exact) mass is 282 g/mol. The quantitative estimate of drug-likeness (QED) is 0.808. The Balaban J connectivity index is 1.68. The summed E-state index contributed by atoms with van der Waals surface area (Å²) in [6.45, 7) is 2.52. The van der Waals surface area contributed by atoms with Crippen molar-refractivity contribution < 1.29 is 4.79 Å². The van der Waals surface area contributed by atoms with Gasteiger partial charge >= 0.3 is 0 Å². The molecule has 2 fully saturated rings. The number of pyridine rings is 1.